The predicted octanol–water partition coefficient (Wildman–Crippen LogP) is 3.75. The largest absolute Gasteiger partial charge is 0.433 e. The number of ether oxygens (including phenoxy) is 1. The molecule has 2 heterocycles. The van der Waals surface area contributed by atoms with Crippen molar-refractivity contribution in [2.24, 2.45) is 5.92 Å². The third kappa shape index (κ3) is 4.24. The van der Waals surface area contributed by atoms with Crippen LogP contribution in [0.15, 0.2) is 36.4 Å². The van der Waals surface area contributed by atoms with Gasteiger partial charge in [0.2, 0.25) is 5.95 Å². The van der Waals surface area contributed by atoms with E-state index >= 15 is 0 Å². The Kier molecular flexibility index (Phi) is 5.31. The summed E-state index contributed by atoms with van der Waals surface area (Å²) in [7, 11) is 3.28. The van der Waals surface area contributed by atoms with Crippen LogP contribution in [0.4, 0.5) is 24.9 Å². The van der Waals surface area contributed by atoms with Gasteiger partial charge in [0, 0.05) is 39.2 Å². The van der Waals surface area contributed by atoms with Crippen LogP contribution in [0.5, 0.6) is 0 Å². The van der Waals surface area contributed by atoms with E-state index in [0.29, 0.717) is 13.2 Å². The van der Waals surface area contributed by atoms with Crippen molar-refractivity contribution < 1.29 is 17.9 Å². The van der Waals surface area contributed by atoms with Crippen molar-refractivity contribution in [2.75, 3.05) is 37.5 Å². The van der Waals surface area contributed by atoms with E-state index in [1.54, 1.807) is 14.1 Å². The quantitative estimate of drug-likeness (QED) is 0.873. The Hall–Kier alpha value is -2.35. The van der Waals surface area contributed by atoms with Gasteiger partial charge in [0.15, 0.2) is 5.69 Å². The molecule has 2 aromatic rings. The number of benzene rings is 1. The molecule has 2 atom stereocenters. The molecule has 140 valence electrons. The van der Waals surface area contributed by atoms with Gasteiger partial charge < -0.3 is 15.0 Å². The number of rotatable bonds is 5. The average Bonchev–Trinajstić information content (AvgIpc) is 3.08. The lowest BCUT2D eigenvalue weighted by molar-refractivity contribution is -0.141. The molecular weight excluding hydrogens is 345 g/mol. The number of aromatic nitrogens is 2. The summed E-state index contributed by atoms with van der Waals surface area (Å²) >= 11 is 0. The summed E-state index contributed by atoms with van der Waals surface area (Å²) in [5, 5.41) is 2.97. The number of nitrogens with one attached hydrogen (secondary N) is 1. The molecule has 0 aliphatic carbocycles. The van der Waals surface area contributed by atoms with Crippen molar-refractivity contribution >= 4 is 11.8 Å². The first kappa shape index (κ1) is 18.4. The number of hydrogen-bond donors (Lipinski definition) is 1. The van der Waals surface area contributed by atoms with Crippen LogP contribution in [0.2, 0.25) is 0 Å². The fourth-order valence-electron chi connectivity index (χ4n) is 2.96. The minimum absolute atomic E-state index is 0.0257. The number of anilines is 2. The maximum atomic E-state index is 13.1. The highest BCUT2D eigenvalue weighted by atomic mass is 19.4. The highest BCUT2D eigenvalue weighted by molar-refractivity contribution is 5.44. The molecule has 0 radical (unpaired) electrons. The molecule has 1 aromatic carbocycles. The lowest BCUT2D eigenvalue weighted by atomic mass is 9.95. The van der Waals surface area contributed by atoms with Gasteiger partial charge in [-0.25, -0.2) is 4.98 Å². The van der Waals surface area contributed by atoms with E-state index in [2.05, 4.69) is 15.3 Å². The summed E-state index contributed by atoms with van der Waals surface area (Å²) in [6, 6.07) is 10.8. The zero-order chi connectivity index (χ0) is 18.7. The Bertz CT molecular complexity index is 737. The van der Waals surface area contributed by atoms with E-state index in [0.717, 1.165) is 18.1 Å². The van der Waals surface area contributed by atoms with E-state index in [9.17, 15) is 13.2 Å². The molecule has 1 saturated heterocycles. The monoisotopic (exact) mass is 366 g/mol. The van der Waals surface area contributed by atoms with Crippen LogP contribution >= 0.6 is 0 Å². The second kappa shape index (κ2) is 7.49. The molecule has 26 heavy (non-hydrogen) atoms. The number of alkyl halides is 3. The lowest BCUT2D eigenvalue weighted by Crippen LogP contribution is -2.21. The molecule has 0 amide bonds. The van der Waals surface area contributed by atoms with Crippen LogP contribution in [-0.2, 0) is 10.9 Å². The van der Waals surface area contributed by atoms with Gasteiger partial charge in [0.25, 0.3) is 0 Å². The summed E-state index contributed by atoms with van der Waals surface area (Å²) in [4.78, 5) is 9.32. The fraction of sp³-hybridized carbons (Fsp3) is 0.444. The van der Waals surface area contributed by atoms with Crippen LogP contribution in [0.3, 0.4) is 0 Å². The molecule has 2 unspecified atom stereocenters. The second-order valence-corrected chi connectivity index (χ2v) is 6.46. The van der Waals surface area contributed by atoms with Gasteiger partial charge in [0.05, 0.1) is 6.10 Å². The molecular formula is C18H21F3N4O. The smallest absolute Gasteiger partial charge is 0.373 e. The molecule has 8 heteroatoms. The van der Waals surface area contributed by atoms with Crippen molar-refractivity contribution in [2.45, 2.75) is 18.7 Å². The number of hydrogen-bond acceptors (Lipinski definition) is 5. The van der Waals surface area contributed by atoms with Crippen molar-refractivity contribution in [3.8, 4) is 0 Å². The second-order valence-electron chi connectivity index (χ2n) is 6.46. The summed E-state index contributed by atoms with van der Waals surface area (Å²) < 4.78 is 45.0. The Balaban J connectivity index is 1.75. The van der Waals surface area contributed by atoms with Crippen molar-refractivity contribution in [1.82, 2.24) is 9.97 Å². The van der Waals surface area contributed by atoms with E-state index in [1.165, 1.54) is 4.90 Å². The van der Waals surface area contributed by atoms with E-state index < -0.39 is 11.9 Å². The Morgan fingerprint density at radius 2 is 1.92 bits per heavy atom. The first-order valence-electron chi connectivity index (χ1n) is 8.38. The topological polar surface area (TPSA) is 50.3 Å². The molecule has 5 nitrogen and oxygen atoms in total. The molecule has 1 aliphatic heterocycles. The Morgan fingerprint density at radius 1 is 1.19 bits per heavy atom. The summed E-state index contributed by atoms with van der Waals surface area (Å²) in [6.45, 7) is 1.06. The predicted molar refractivity (Wildman–Crippen MR) is 93.1 cm³/mol. The van der Waals surface area contributed by atoms with Crippen LogP contribution in [-0.4, -0.2) is 37.2 Å². The Morgan fingerprint density at radius 3 is 2.58 bits per heavy atom. The number of halogens is 3. The summed E-state index contributed by atoms with van der Waals surface area (Å²) in [6.07, 6.45) is -3.78. The summed E-state index contributed by atoms with van der Waals surface area (Å²) in [5.74, 6) is 0.317. The van der Waals surface area contributed by atoms with Crippen molar-refractivity contribution in [3.63, 3.8) is 0 Å². The van der Waals surface area contributed by atoms with Crippen LogP contribution in [0.25, 0.3) is 0 Å². The standard InChI is InChI=1S/C18H21F3N4O/c1-25(2)15-10-14(18(19,20)21)23-17(24-15)22-11-13-8-9-26-16(13)12-6-4-3-5-7-12/h3-7,10,13,16H,8-9,11H2,1-2H3,(H,22,23,24). The normalized spacial score (nSPS) is 20.2. The molecule has 0 bridgehead atoms. The molecule has 1 aromatic heterocycles. The summed E-state index contributed by atoms with van der Waals surface area (Å²) in [5.41, 5.74) is 0.108. The van der Waals surface area contributed by atoms with Crippen molar-refractivity contribution in [1.29, 1.82) is 0 Å². The first-order chi connectivity index (χ1) is 12.3. The van der Waals surface area contributed by atoms with Crippen LogP contribution in [0, 0.1) is 5.92 Å². The van der Waals surface area contributed by atoms with Crippen molar-refractivity contribution in [3.05, 3.63) is 47.7 Å². The molecule has 1 fully saturated rings. The van der Waals surface area contributed by atoms with E-state index in [-0.39, 0.29) is 23.8 Å². The molecule has 0 spiro atoms. The maximum Gasteiger partial charge on any atom is 0.433 e. The minimum Gasteiger partial charge on any atom is -0.373 e. The molecule has 1 N–H and O–H groups in total. The average molecular weight is 366 g/mol. The van der Waals surface area contributed by atoms with Gasteiger partial charge in [-0.3, -0.25) is 0 Å². The van der Waals surface area contributed by atoms with E-state index in [4.69, 9.17) is 4.74 Å². The van der Waals surface area contributed by atoms with Crippen LogP contribution in [0.1, 0.15) is 23.8 Å². The third-order valence-corrected chi connectivity index (χ3v) is 4.33. The maximum absolute atomic E-state index is 13.1. The van der Waals surface area contributed by atoms with Gasteiger partial charge in [-0.2, -0.15) is 18.2 Å². The number of nitrogens with zero attached hydrogens (tertiary/aromatic N) is 3. The lowest BCUT2D eigenvalue weighted by Gasteiger charge is -2.20. The zero-order valence-corrected chi connectivity index (χ0v) is 14.6. The van der Waals surface area contributed by atoms with Gasteiger partial charge in [-0.15, -0.1) is 0 Å². The van der Waals surface area contributed by atoms with Gasteiger partial charge in [-0.05, 0) is 12.0 Å². The van der Waals surface area contributed by atoms with Gasteiger partial charge >= 0.3 is 6.18 Å². The SMILES string of the molecule is CN(C)c1cc(C(F)(F)F)nc(NCC2CCOC2c2ccccc2)n1. The fourth-order valence-corrected chi connectivity index (χ4v) is 2.96. The molecule has 3 rings (SSSR count). The van der Waals surface area contributed by atoms with Gasteiger partial charge in [0.1, 0.15) is 5.82 Å². The van der Waals surface area contributed by atoms with E-state index in [1.807, 2.05) is 30.3 Å². The zero-order valence-electron chi connectivity index (χ0n) is 14.6. The third-order valence-electron chi connectivity index (χ3n) is 4.33. The van der Waals surface area contributed by atoms with Crippen LogP contribution < -0.4 is 10.2 Å². The minimum atomic E-state index is -4.52. The molecule has 0 saturated carbocycles. The molecule has 1 aliphatic rings. The highest BCUT2D eigenvalue weighted by Crippen LogP contribution is 2.35. The van der Waals surface area contributed by atoms with Gasteiger partial charge in [-0.1, -0.05) is 30.3 Å². The Labute approximate surface area is 150 Å². The first-order valence-corrected chi connectivity index (χ1v) is 8.38. The highest BCUT2D eigenvalue weighted by Gasteiger charge is 2.34.